The number of benzene rings is 7. The highest BCUT2D eigenvalue weighted by atomic mass is 16.3. The van der Waals surface area contributed by atoms with E-state index in [4.69, 9.17) is 15.4 Å². The van der Waals surface area contributed by atoms with E-state index in [-0.39, 0.29) is 0 Å². The Hall–Kier alpha value is -7.08. The second-order valence-corrected chi connectivity index (χ2v) is 12.3. The molecular weight excluding hydrogens is 603 g/mol. The van der Waals surface area contributed by atoms with E-state index >= 15 is 0 Å². The van der Waals surface area contributed by atoms with Gasteiger partial charge in [-0.2, -0.15) is 5.26 Å². The molecule has 0 saturated carbocycles. The fourth-order valence-electron chi connectivity index (χ4n) is 7.39. The molecule has 226 valence electrons. The van der Waals surface area contributed by atoms with Crippen molar-refractivity contribution >= 4 is 71.4 Å². The molecule has 5 heteroatoms. The van der Waals surface area contributed by atoms with Crippen molar-refractivity contribution in [1.82, 2.24) is 4.57 Å². The number of fused-ring (bicyclic) bond motifs is 9. The summed E-state index contributed by atoms with van der Waals surface area (Å²) < 4.78 is 14.9. The van der Waals surface area contributed by atoms with Crippen LogP contribution in [-0.4, -0.2) is 4.57 Å². The van der Waals surface area contributed by atoms with Gasteiger partial charge in [0.25, 0.3) is 0 Å². The monoisotopic (exact) mass is 625 g/mol. The third kappa shape index (κ3) is 3.97. The van der Waals surface area contributed by atoms with E-state index in [2.05, 4.69) is 82.2 Å². The van der Waals surface area contributed by atoms with Crippen molar-refractivity contribution in [3.8, 4) is 34.0 Å². The van der Waals surface area contributed by atoms with Crippen LogP contribution in [0.5, 0.6) is 0 Å². The molecule has 5 nitrogen and oxygen atoms in total. The molecule has 3 heterocycles. The summed E-state index contributed by atoms with van der Waals surface area (Å²) in [5.41, 5.74) is 11.3. The highest BCUT2D eigenvalue weighted by Gasteiger charge is 2.20. The molecule has 0 radical (unpaired) electrons. The smallest absolute Gasteiger partial charge is 0.187 e. The van der Waals surface area contributed by atoms with Gasteiger partial charge in [-0.1, -0.05) is 84.9 Å². The van der Waals surface area contributed by atoms with Crippen molar-refractivity contribution in [3.63, 3.8) is 0 Å². The van der Waals surface area contributed by atoms with Crippen LogP contribution in [0.4, 0.5) is 5.69 Å². The van der Waals surface area contributed by atoms with E-state index in [1.807, 2.05) is 72.8 Å². The van der Waals surface area contributed by atoms with Gasteiger partial charge in [0.15, 0.2) is 5.69 Å². The lowest BCUT2D eigenvalue weighted by molar-refractivity contribution is 0.656. The van der Waals surface area contributed by atoms with Crippen molar-refractivity contribution in [2.24, 2.45) is 0 Å². The van der Waals surface area contributed by atoms with Gasteiger partial charge in [0, 0.05) is 43.9 Å². The maximum atomic E-state index is 10.4. The number of nitriles is 1. The van der Waals surface area contributed by atoms with Gasteiger partial charge in [-0.05, 0) is 65.2 Å². The Bertz CT molecular complexity index is 3020. The zero-order chi connectivity index (χ0) is 32.6. The number of hydrogen-bond donors (Lipinski definition) is 0. The molecule has 0 atom stereocenters. The lowest BCUT2D eigenvalue weighted by Crippen LogP contribution is -2.00. The molecule has 0 N–H and O–H groups in total. The molecule has 0 fully saturated rings. The van der Waals surface area contributed by atoms with E-state index in [0.29, 0.717) is 11.3 Å². The number of nitrogens with zero attached hydrogens (tertiary/aromatic N) is 3. The normalized spacial score (nSPS) is 11.6. The van der Waals surface area contributed by atoms with Crippen LogP contribution >= 0.6 is 0 Å². The maximum Gasteiger partial charge on any atom is 0.187 e. The minimum absolute atomic E-state index is 0.604. The summed E-state index contributed by atoms with van der Waals surface area (Å²) in [6.45, 7) is 7.28. The summed E-state index contributed by atoms with van der Waals surface area (Å²) in [5.74, 6) is 0. The number of para-hydroxylation sites is 3. The van der Waals surface area contributed by atoms with Crippen LogP contribution in [-0.2, 0) is 0 Å². The quantitative estimate of drug-likeness (QED) is 0.184. The van der Waals surface area contributed by atoms with Crippen molar-refractivity contribution in [2.75, 3.05) is 0 Å². The predicted molar refractivity (Wildman–Crippen MR) is 197 cm³/mol. The van der Waals surface area contributed by atoms with Crippen molar-refractivity contribution in [2.45, 2.75) is 0 Å². The maximum absolute atomic E-state index is 10.4. The molecule has 49 heavy (non-hydrogen) atoms. The van der Waals surface area contributed by atoms with E-state index in [9.17, 15) is 5.26 Å². The molecule has 7 aromatic carbocycles. The first-order valence-corrected chi connectivity index (χ1v) is 16.0. The molecule has 0 bridgehead atoms. The van der Waals surface area contributed by atoms with E-state index in [0.717, 1.165) is 93.6 Å². The van der Waals surface area contributed by atoms with E-state index < -0.39 is 0 Å². The summed E-state index contributed by atoms with van der Waals surface area (Å²) in [6, 6.07) is 49.4. The standard InChI is InChI=1S/C44H23N3O2/c1-46-30-17-13-26(14-18-30)27-15-19-40-34(21-27)36-23-37-35-22-28(16-20-41(35)49-43(37)24-42(36)48-40)31-10-6-7-29(25-45)44(31)47-38-11-4-2-8-32(38)33-9-3-5-12-39(33)47/h2-24H. The second-order valence-electron chi connectivity index (χ2n) is 12.3. The lowest BCUT2D eigenvalue weighted by Gasteiger charge is -2.16. The Labute approximate surface area is 279 Å². The van der Waals surface area contributed by atoms with Gasteiger partial charge in [0.05, 0.1) is 28.9 Å². The zero-order valence-corrected chi connectivity index (χ0v) is 25.9. The van der Waals surface area contributed by atoms with Gasteiger partial charge in [0.2, 0.25) is 0 Å². The molecule has 0 spiro atoms. The topological polar surface area (TPSA) is 59.4 Å². The Morgan fingerprint density at radius 3 is 1.71 bits per heavy atom. The average Bonchev–Trinajstić information content (AvgIpc) is 3.81. The van der Waals surface area contributed by atoms with Crippen LogP contribution in [0.2, 0.25) is 0 Å². The zero-order valence-electron chi connectivity index (χ0n) is 25.9. The van der Waals surface area contributed by atoms with Crippen LogP contribution < -0.4 is 0 Å². The Kier molecular flexibility index (Phi) is 5.64. The molecule has 0 aliphatic carbocycles. The highest BCUT2D eigenvalue weighted by molar-refractivity contribution is 6.16. The van der Waals surface area contributed by atoms with E-state index in [1.165, 1.54) is 0 Å². The summed E-state index contributed by atoms with van der Waals surface area (Å²) in [6.07, 6.45) is 0. The molecular formula is C44H23N3O2. The second kappa shape index (κ2) is 10.2. The molecule has 0 aliphatic heterocycles. The van der Waals surface area contributed by atoms with Crippen LogP contribution in [0.15, 0.2) is 148 Å². The molecule has 0 saturated heterocycles. The average molecular weight is 626 g/mol. The Morgan fingerprint density at radius 1 is 0.510 bits per heavy atom. The molecule has 3 aromatic heterocycles. The largest absolute Gasteiger partial charge is 0.456 e. The molecule has 10 rings (SSSR count). The van der Waals surface area contributed by atoms with Crippen LogP contribution in [0.25, 0.3) is 98.5 Å². The van der Waals surface area contributed by atoms with Gasteiger partial charge in [-0.3, -0.25) is 0 Å². The summed E-state index contributed by atoms with van der Waals surface area (Å²) in [4.78, 5) is 3.52. The van der Waals surface area contributed by atoms with Gasteiger partial charge >= 0.3 is 0 Å². The van der Waals surface area contributed by atoms with Crippen LogP contribution in [0.1, 0.15) is 5.56 Å². The fraction of sp³-hybridized carbons (Fsp3) is 0. The number of aromatic nitrogens is 1. The van der Waals surface area contributed by atoms with Crippen molar-refractivity contribution < 1.29 is 8.83 Å². The number of rotatable bonds is 3. The number of furan rings is 2. The van der Waals surface area contributed by atoms with Gasteiger partial charge in [-0.15, -0.1) is 0 Å². The first-order valence-electron chi connectivity index (χ1n) is 16.0. The molecule has 0 amide bonds. The minimum Gasteiger partial charge on any atom is -0.456 e. The first-order chi connectivity index (χ1) is 24.2. The van der Waals surface area contributed by atoms with Crippen LogP contribution in [0.3, 0.4) is 0 Å². The number of hydrogen-bond acceptors (Lipinski definition) is 3. The van der Waals surface area contributed by atoms with Crippen molar-refractivity contribution in [1.29, 1.82) is 5.26 Å². The van der Waals surface area contributed by atoms with Crippen LogP contribution in [0, 0.1) is 17.9 Å². The Morgan fingerprint density at radius 2 is 1.08 bits per heavy atom. The summed E-state index contributed by atoms with van der Waals surface area (Å²) >= 11 is 0. The van der Waals surface area contributed by atoms with Crippen molar-refractivity contribution in [3.05, 3.63) is 157 Å². The SMILES string of the molecule is [C-]#[N+]c1ccc(-c2ccc3oc4cc5oc6ccc(-c7cccc(C#N)c7-n7c8ccccc8c8ccccc87)cc6c5cc4c3c2)cc1. The molecule has 0 aliphatic rings. The predicted octanol–water partition coefficient (Wildman–Crippen LogP) is 12.3. The fourth-order valence-corrected chi connectivity index (χ4v) is 7.39. The van der Waals surface area contributed by atoms with E-state index in [1.54, 1.807) is 0 Å². The minimum atomic E-state index is 0.604. The molecule has 10 aromatic rings. The first kappa shape index (κ1) is 27.1. The highest BCUT2D eigenvalue weighted by Crippen LogP contribution is 2.42. The summed E-state index contributed by atoms with van der Waals surface area (Å²) in [7, 11) is 0. The lowest BCUT2D eigenvalue weighted by atomic mass is 9.97. The Balaban J connectivity index is 1.19. The third-order valence-corrected chi connectivity index (χ3v) is 9.66. The summed E-state index contributed by atoms with van der Waals surface area (Å²) in [5, 5.41) is 16.7. The third-order valence-electron chi connectivity index (χ3n) is 9.66. The molecule has 0 unspecified atom stereocenters. The van der Waals surface area contributed by atoms with Gasteiger partial charge in [0.1, 0.15) is 28.4 Å². The van der Waals surface area contributed by atoms with Gasteiger partial charge < -0.3 is 13.4 Å². The van der Waals surface area contributed by atoms with Gasteiger partial charge in [-0.25, -0.2) is 4.85 Å².